The van der Waals surface area contributed by atoms with Crippen molar-refractivity contribution in [3.63, 3.8) is 0 Å². The van der Waals surface area contributed by atoms with Crippen LogP contribution in [-0.4, -0.2) is 13.5 Å². The van der Waals surface area contributed by atoms with Gasteiger partial charge in [-0.15, -0.1) is 0 Å². The van der Waals surface area contributed by atoms with Gasteiger partial charge in [0.05, 0.1) is 38.6 Å². The van der Waals surface area contributed by atoms with Crippen molar-refractivity contribution in [2.45, 2.75) is 0 Å². The van der Waals surface area contributed by atoms with E-state index in [1.807, 2.05) is 0 Å². The fourth-order valence-corrected chi connectivity index (χ4v) is 10.1. The molecule has 4 heterocycles. The molecule has 0 aliphatic heterocycles. The van der Waals surface area contributed by atoms with E-state index in [9.17, 15) is 0 Å². The van der Waals surface area contributed by atoms with Crippen molar-refractivity contribution in [3.8, 4) is 33.6 Å². The van der Waals surface area contributed by atoms with E-state index in [0.29, 0.717) is 0 Å². The summed E-state index contributed by atoms with van der Waals surface area (Å²) in [7, 11) is 0. The molecule has 4 aromatic heterocycles. The van der Waals surface area contributed by atoms with Crippen molar-refractivity contribution in [1.82, 2.24) is 13.5 Å². The van der Waals surface area contributed by atoms with Crippen molar-refractivity contribution < 1.29 is 0 Å². The molecule has 0 radical (unpaired) electrons. The normalized spacial score (nSPS) is 12.1. The minimum Gasteiger partial charge on any atom is -0.309 e. The van der Waals surface area contributed by atoms with Crippen LogP contribution < -0.4 is 0 Å². The zero-order valence-corrected chi connectivity index (χ0v) is 32.0. The summed E-state index contributed by atoms with van der Waals surface area (Å²) in [6, 6.07) is 78.1. The number of rotatable bonds is 4. The molecular weight excluding hydrogens is 715 g/mol. The summed E-state index contributed by atoms with van der Waals surface area (Å²) in [5, 5.41) is 10.0. The molecule has 59 heavy (non-hydrogen) atoms. The standard InChI is InChI=1S/C56H35N3/c1-2-16-36(17-3-1)55-48-31-30-37(34-54(48)59-53-29-15-6-19-42(53)41-18-4-5-24-47(41)56(55)59)38-32-39(57-49-25-11-7-20-43(49)44-21-8-12-26-50(44)57)35-40(33-38)58-51-27-13-9-22-45(51)46-23-10-14-28-52(46)58/h1-35H. The third-order valence-electron chi connectivity index (χ3n) is 12.6. The summed E-state index contributed by atoms with van der Waals surface area (Å²) in [6.45, 7) is 0. The molecule has 13 rings (SSSR count). The minimum atomic E-state index is 1.12. The van der Waals surface area contributed by atoms with Crippen LogP contribution >= 0.6 is 0 Å². The second-order valence-corrected chi connectivity index (χ2v) is 15.7. The van der Waals surface area contributed by atoms with E-state index in [1.165, 1.54) is 98.4 Å². The largest absolute Gasteiger partial charge is 0.309 e. The maximum absolute atomic E-state index is 2.52. The van der Waals surface area contributed by atoms with Crippen LogP contribution in [-0.2, 0) is 0 Å². The molecule has 0 spiro atoms. The average Bonchev–Trinajstić information content (AvgIpc) is 3.95. The molecular formula is C56H35N3. The van der Waals surface area contributed by atoms with Crippen molar-refractivity contribution in [3.05, 3.63) is 212 Å². The van der Waals surface area contributed by atoms with Crippen LogP contribution in [0.15, 0.2) is 212 Å². The number of hydrogen-bond donors (Lipinski definition) is 0. The molecule has 0 N–H and O–H groups in total. The van der Waals surface area contributed by atoms with Gasteiger partial charge in [0, 0.05) is 54.6 Å². The molecule has 0 unspecified atom stereocenters. The van der Waals surface area contributed by atoms with Gasteiger partial charge in [-0.3, -0.25) is 0 Å². The van der Waals surface area contributed by atoms with E-state index in [-0.39, 0.29) is 0 Å². The van der Waals surface area contributed by atoms with Gasteiger partial charge in [0.15, 0.2) is 0 Å². The molecule has 274 valence electrons. The molecule has 0 atom stereocenters. The summed E-state index contributed by atoms with van der Waals surface area (Å²) >= 11 is 0. The predicted octanol–water partition coefficient (Wildman–Crippen LogP) is 14.9. The first-order chi connectivity index (χ1) is 29.3. The van der Waals surface area contributed by atoms with Crippen LogP contribution in [0.3, 0.4) is 0 Å². The van der Waals surface area contributed by atoms with Gasteiger partial charge < -0.3 is 13.5 Å². The smallest absolute Gasteiger partial charge is 0.0625 e. The summed E-state index contributed by atoms with van der Waals surface area (Å²) in [5.74, 6) is 0. The SMILES string of the molecule is c1ccc(-c2c3ccc(-c4cc(-n5c6ccccc6c6ccccc65)cc(-n5c6ccccc6c6ccccc65)c4)cc3n3c4ccccc4c4ccccc4c23)cc1. The zero-order chi connectivity index (χ0) is 38.6. The van der Waals surface area contributed by atoms with E-state index in [0.717, 1.165) is 16.9 Å². The summed E-state index contributed by atoms with van der Waals surface area (Å²) < 4.78 is 7.41. The highest BCUT2D eigenvalue weighted by atomic mass is 15.0. The van der Waals surface area contributed by atoms with Crippen LogP contribution in [0.4, 0.5) is 0 Å². The lowest BCUT2D eigenvalue weighted by atomic mass is 9.97. The van der Waals surface area contributed by atoms with Crippen molar-refractivity contribution in [2.24, 2.45) is 0 Å². The maximum atomic E-state index is 2.52. The van der Waals surface area contributed by atoms with Gasteiger partial charge >= 0.3 is 0 Å². The van der Waals surface area contributed by atoms with Gasteiger partial charge in [-0.25, -0.2) is 0 Å². The maximum Gasteiger partial charge on any atom is 0.0625 e. The van der Waals surface area contributed by atoms with Crippen molar-refractivity contribution in [2.75, 3.05) is 0 Å². The molecule has 13 aromatic rings. The third-order valence-corrected chi connectivity index (χ3v) is 12.6. The first-order valence-electron chi connectivity index (χ1n) is 20.4. The van der Waals surface area contributed by atoms with Crippen LogP contribution in [0, 0.1) is 0 Å². The van der Waals surface area contributed by atoms with Gasteiger partial charge in [0.25, 0.3) is 0 Å². The first-order valence-corrected chi connectivity index (χ1v) is 20.4. The highest BCUT2D eigenvalue weighted by Gasteiger charge is 2.21. The van der Waals surface area contributed by atoms with Crippen LogP contribution in [0.25, 0.3) is 115 Å². The number of aromatic nitrogens is 3. The van der Waals surface area contributed by atoms with E-state index < -0.39 is 0 Å². The second kappa shape index (κ2) is 12.3. The van der Waals surface area contributed by atoms with Gasteiger partial charge in [0.1, 0.15) is 0 Å². The van der Waals surface area contributed by atoms with Gasteiger partial charge in [-0.05, 0) is 76.7 Å². The number of nitrogens with zero attached hydrogens (tertiary/aromatic N) is 3. The molecule has 0 saturated heterocycles. The lowest BCUT2D eigenvalue weighted by Crippen LogP contribution is -2.00. The fraction of sp³-hybridized carbons (Fsp3) is 0. The molecule has 0 saturated carbocycles. The van der Waals surface area contributed by atoms with Crippen LogP contribution in [0.2, 0.25) is 0 Å². The van der Waals surface area contributed by atoms with E-state index in [4.69, 9.17) is 0 Å². The zero-order valence-electron chi connectivity index (χ0n) is 32.0. The van der Waals surface area contributed by atoms with E-state index in [2.05, 4.69) is 226 Å². The van der Waals surface area contributed by atoms with Crippen LogP contribution in [0.5, 0.6) is 0 Å². The van der Waals surface area contributed by atoms with E-state index in [1.54, 1.807) is 0 Å². The monoisotopic (exact) mass is 749 g/mol. The minimum absolute atomic E-state index is 1.12. The Morgan fingerprint density at radius 2 is 0.661 bits per heavy atom. The molecule has 0 aliphatic rings. The van der Waals surface area contributed by atoms with Crippen molar-refractivity contribution in [1.29, 1.82) is 0 Å². The third kappa shape index (κ3) is 4.58. The van der Waals surface area contributed by atoms with Crippen molar-refractivity contribution >= 4 is 81.7 Å². The number of hydrogen-bond acceptors (Lipinski definition) is 0. The van der Waals surface area contributed by atoms with Gasteiger partial charge in [-0.2, -0.15) is 0 Å². The number of pyridine rings is 1. The Balaban J connectivity index is 1.16. The Kier molecular flexibility index (Phi) is 6.72. The highest BCUT2D eigenvalue weighted by molar-refractivity contribution is 6.22. The van der Waals surface area contributed by atoms with E-state index >= 15 is 0 Å². The summed E-state index contributed by atoms with van der Waals surface area (Å²) in [5.41, 5.74) is 15.5. The Labute approximate surface area is 339 Å². The molecule has 3 heteroatoms. The topological polar surface area (TPSA) is 14.3 Å². The molecule has 0 fully saturated rings. The number of benzene rings is 9. The molecule has 9 aromatic carbocycles. The Hall–Kier alpha value is -7.88. The van der Waals surface area contributed by atoms with Crippen LogP contribution in [0.1, 0.15) is 0 Å². The summed E-state index contributed by atoms with van der Waals surface area (Å²) in [4.78, 5) is 0. The molecule has 0 aliphatic carbocycles. The predicted molar refractivity (Wildman–Crippen MR) is 249 cm³/mol. The first kappa shape index (κ1) is 32.2. The number of fused-ring (bicyclic) bond motifs is 14. The Bertz CT molecular complexity index is 3600. The summed E-state index contributed by atoms with van der Waals surface area (Å²) in [6.07, 6.45) is 0. The van der Waals surface area contributed by atoms with Gasteiger partial charge in [0.2, 0.25) is 0 Å². The molecule has 0 bridgehead atoms. The Morgan fingerprint density at radius 1 is 0.237 bits per heavy atom. The Morgan fingerprint density at radius 3 is 1.19 bits per heavy atom. The average molecular weight is 750 g/mol. The molecule has 0 amide bonds. The second-order valence-electron chi connectivity index (χ2n) is 15.7. The lowest BCUT2D eigenvalue weighted by molar-refractivity contribution is 1.13. The number of para-hydroxylation sites is 5. The van der Waals surface area contributed by atoms with Gasteiger partial charge in [-0.1, -0.05) is 158 Å². The highest BCUT2D eigenvalue weighted by Crippen LogP contribution is 2.44. The quantitative estimate of drug-likeness (QED) is 0.159. The molecule has 3 nitrogen and oxygen atoms in total. The lowest BCUT2D eigenvalue weighted by Gasteiger charge is -2.16. The fourth-order valence-electron chi connectivity index (χ4n) is 10.1.